The van der Waals surface area contributed by atoms with Crippen LogP contribution in [-0.4, -0.2) is 37.0 Å². The van der Waals surface area contributed by atoms with E-state index in [4.69, 9.17) is 9.47 Å². The van der Waals surface area contributed by atoms with Crippen LogP contribution in [0, 0.1) is 5.82 Å². The second-order valence-corrected chi connectivity index (χ2v) is 7.73. The molecule has 1 aromatic heterocycles. The van der Waals surface area contributed by atoms with E-state index in [1.807, 2.05) is 5.38 Å². The molecule has 168 valence electrons. The molecule has 8 nitrogen and oxygen atoms in total. The highest BCUT2D eigenvalue weighted by molar-refractivity contribution is 7.10. The normalized spacial score (nSPS) is 15.6. The van der Waals surface area contributed by atoms with E-state index in [-0.39, 0.29) is 48.7 Å². The Kier molecular flexibility index (Phi) is 7.72. The number of amides is 2. The third-order valence-electron chi connectivity index (χ3n) is 4.58. The minimum atomic E-state index is -0.739. The van der Waals surface area contributed by atoms with Crippen molar-refractivity contribution in [3.63, 3.8) is 0 Å². The van der Waals surface area contributed by atoms with E-state index in [1.165, 1.54) is 35.6 Å². The zero-order chi connectivity index (χ0) is 23.1. The number of benzene rings is 1. The smallest absolute Gasteiger partial charge is 0.338 e. The molecule has 10 heteroatoms. The first-order valence-corrected chi connectivity index (χ1v) is 10.7. The zero-order valence-electron chi connectivity index (χ0n) is 17.2. The van der Waals surface area contributed by atoms with E-state index in [9.17, 15) is 23.6 Å². The SMILES string of the molecule is CCOC(=O)C1=C(COC(=O)CCC(=O)c2ccc(F)cc2)NC(=O)NC1c1cccs1. The van der Waals surface area contributed by atoms with Crippen molar-refractivity contribution in [3.05, 3.63) is 69.3 Å². The molecule has 3 rings (SSSR count). The number of Topliss-reactive ketones (excluding diaryl/α,β-unsaturated/α-hetero) is 1. The molecule has 2 N–H and O–H groups in total. The number of esters is 2. The van der Waals surface area contributed by atoms with Gasteiger partial charge in [-0.2, -0.15) is 0 Å². The van der Waals surface area contributed by atoms with Crippen molar-refractivity contribution in [2.75, 3.05) is 13.2 Å². The van der Waals surface area contributed by atoms with E-state index in [1.54, 1.807) is 19.1 Å². The number of hydrogen-bond acceptors (Lipinski definition) is 7. The van der Waals surface area contributed by atoms with Gasteiger partial charge in [-0.15, -0.1) is 11.3 Å². The third kappa shape index (κ3) is 5.79. The van der Waals surface area contributed by atoms with Crippen molar-refractivity contribution in [2.45, 2.75) is 25.8 Å². The minimum absolute atomic E-state index is 0.115. The van der Waals surface area contributed by atoms with Gasteiger partial charge in [0.05, 0.1) is 30.3 Å². The summed E-state index contributed by atoms with van der Waals surface area (Å²) in [5, 5.41) is 6.99. The summed E-state index contributed by atoms with van der Waals surface area (Å²) in [5.41, 5.74) is 0.545. The molecule has 1 aliphatic heterocycles. The molecule has 0 aliphatic carbocycles. The van der Waals surface area contributed by atoms with E-state index < -0.39 is 29.8 Å². The van der Waals surface area contributed by atoms with Gasteiger partial charge in [0.1, 0.15) is 12.4 Å². The fraction of sp³-hybridized carbons (Fsp3) is 0.273. The summed E-state index contributed by atoms with van der Waals surface area (Å²) in [6, 6.07) is 7.28. The Hall–Kier alpha value is -3.53. The maximum absolute atomic E-state index is 13.0. The highest BCUT2D eigenvalue weighted by Gasteiger charge is 2.34. The molecule has 0 fully saturated rings. The molecule has 1 aromatic carbocycles. The van der Waals surface area contributed by atoms with Gasteiger partial charge in [-0.25, -0.2) is 14.0 Å². The van der Waals surface area contributed by atoms with Crippen LogP contribution in [0.3, 0.4) is 0 Å². The van der Waals surface area contributed by atoms with Crippen molar-refractivity contribution in [2.24, 2.45) is 0 Å². The first kappa shape index (κ1) is 23.1. The van der Waals surface area contributed by atoms with Crippen LogP contribution in [0.4, 0.5) is 9.18 Å². The fourth-order valence-corrected chi connectivity index (χ4v) is 3.86. The highest BCUT2D eigenvalue weighted by atomic mass is 32.1. The Labute approximate surface area is 187 Å². The Bertz CT molecular complexity index is 1030. The molecule has 1 atom stereocenters. The topological polar surface area (TPSA) is 111 Å². The molecule has 2 amide bonds. The summed E-state index contributed by atoms with van der Waals surface area (Å²) in [7, 11) is 0. The summed E-state index contributed by atoms with van der Waals surface area (Å²) in [5.74, 6) is -2.12. The summed E-state index contributed by atoms with van der Waals surface area (Å²) in [6.07, 6.45) is -0.335. The number of ketones is 1. The number of carbonyl (C=O) groups is 4. The largest absolute Gasteiger partial charge is 0.463 e. The summed E-state index contributed by atoms with van der Waals surface area (Å²) >= 11 is 1.35. The van der Waals surface area contributed by atoms with Crippen LogP contribution in [0.15, 0.2) is 53.0 Å². The van der Waals surface area contributed by atoms with Gasteiger partial charge in [0.2, 0.25) is 0 Å². The number of rotatable bonds is 9. The first-order chi connectivity index (χ1) is 15.4. The quantitative estimate of drug-likeness (QED) is 0.439. The van der Waals surface area contributed by atoms with Gasteiger partial charge in [0, 0.05) is 16.9 Å². The summed E-state index contributed by atoms with van der Waals surface area (Å²) in [6.45, 7) is 1.42. The summed E-state index contributed by atoms with van der Waals surface area (Å²) < 4.78 is 23.3. The number of thiophene rings is 1. The predicted molar refractivity (Wildman–Crippen MR) is 113 cm³/mol. The third-order valence-corrected chi connectivity index (χ3v) is 5.51. The van der Waals surface area contributed by atoms with Gasteiger partial charge >= 0.3 is 18.0 Å². The highest BCUT2D eigenvalue weighted by Crippen LogP contribution is 2.30. The summed E-state index contributed by atoms with van der Waals surface area (Å²) in [4.78, 5) is 49.7. The predicted octanol–water partition coefficient (Wildman–Crippen LogP) is 3.26. The van der Waals surface area contributed by atoms with E-state index in [2.05, 4.69) is 10.6 Å². The fourth-order valence-electron chi connectivity index (χ4n) is 3.07. The molecule has 0 bridgehead atoms. The molecule has 2 aromatic rings. The zero-order valence-corrected chi connectivity index (χ0v) is 18.0. The molecule has 0 radical (unpaired) electrons. The van der Waals surface area contributed by atoms with Crippen LogP contribution in [0.25, 0.3) is 0 Å². The second kappa shape index (κ2) is 10.7. The van der Waals surface area contributed by atoms with E-state index >= 15 is 0 Å². The van der Waals surface area contributed by atoms with Gasteiger partial charge in [-0.1, -0.05) is 6.07 Å². The second-order valence-electron chi connectivity index (χ2n) is 6.75. The van der Waals surface area contributed by atoms with Crippen LogP contribution in [0.5, 0.6) is 0 Å². The van der Waals surface area contributed by atoms with Gasteiger partial charge in [-0.05, 0) is 42.6 Å². The number of urea groups is 1. The van der Waals surface area contributed by atoms with Gasteiger partial charge < -0.3 is 20.1 Å². The minimum Gasteiger partial charge on any atom is -0.463 e. The Morgan fingerprint density at radius 3 is 2.50 bits per heavy atom. The average Bonchev–Trinajstić information content (AvgIpc) is 3.31. The number of halogens is 1. The maximum atomic E-state index is 13.0. The molecule has 1 unspecified atom stereocenters. The lowest BCUT2D eigenvalue weighted by Gasteiger charge is -2.28. The standard InChI is InChI=1S/C22H21FN2O6S/c1-2-30-21(28)19-15(24-22(29)25-20(19)17-4-3-11-32-17)12-31-18(27)10-9-16(26)13-5-7-14(23)8-6-13/h3-8,11,20H,2,9-10,12H2,1H3,(H2,24,25,29). The number of hydrogen-bond donors (Lipinski definition) is 2. The first-order valence-electron chi connectivity index (χ1n) is 9.84. The van der Waals surface area contributed by atoms with Crippen LogP contribution >= 0.6 is 11.3 Å². The number of nitrogens with one attached hydrogen (secondary N) is 2. The van der Waals surface area contributed by atoms with Crippen LogP contribution in [0.1, 0.15) is 41.0 Å². The maximum Gasteiger partial charge on any atom is 0.338 e. The van der Waals surface area contributed by atoms with Gasteiger partial charge in [0.25, 0.3) is 0 Å². The Morgan fingerprint density at radius 1 is 1.09 bits per heavy atom. The van der Waals surface area contributed by atoms with E-state index in [0.717, 1.165) is 4.88 Å². The Balaban J connectivity index is 1.68. The monoisotopic (exact) mass is 460 g/mol. The van der Waals surface area contributed by atoms with Gasteiger partial charge in [-0.3, -0.25) is 9.59 Å². The molecule has 0 saturated carbocycles. The Morgan fingerprint density at radius 2 is 1.84 bits per heavy atom. The molecule has 2 heterocycles. The number of carbonyl (C=O) groups excluding carboxylic acids is 4. The van der Waals surface area contributed by atoms with Crippen molar-refractivity contribution in [1.29, 1.82) is 0 Å². The average molecular weight is 460 g/mol. The van der Waals surface area contributed by atoms with Crippen LogP contribution in [0.2, 0.25) is 0 Å². The van der Waals surface area contributed by atoms with Crippen molar-refractivity contribution in [3.8, 4) is 0 Å². The lowest BCUT2D eigenvalue weighted by molar-refractivity contribution is -0.143. The van der Waals surface area contributed by atoms with Crippen LogP contribution < -0.4 is 10.6 Å². The molecular weight excluding hydrogens is 439 g/mol. The van der Waals surface area contributed by atoms with Crippen molar-refractivity contribution in [1.82, 2.24) is 10.6 Å². The lowest BCUT2D eigenvalue weighted by Crippen LogP contribution is -2.46. The molecule has 32 heavy (non-hydrogen) atoms. The van der Waals surface area contributed by atoms with Gasteiger partial charge in [0.15, 0.2) is 5.78 Å². The number of ether oxygens (including phenoxy) is 2. The van der Waals surface area contributed by atoms with Crippen molar-refractivity contribution < 1.29 is 33.0 Å². The lowest BCUT2D eigenvalue weighted by atomic mass is 10.0. The molecule has 1 aliphatic rings. The van der Waals surface area contributed by atoms with Crippen LogP contribution in [-0.2, 0) is 19.1 Å². The molecular formula is C22H21FN2O6S. The molecule has 0 spiro atoms. The van der Waals surface area contributed by atoms with E-state index in [0.29, 0.717) is 0 Å². The molecule has 0 saturated heterocycles. The van der Waals surface area contributed by atoms with Crippen molar-refractivity contribution >= 4 is 35.1 Å².